The minimum absolute atomic E-state index is 0.247. The van der Waals surface area contributed by atoms with E-state index in [0.717, 1.165) is 12.1 Å². The van der Waals surface area contributed by atoms with Crippen LogP contribution in [0, 0.1) is 0 Å². The van der Waals surface area contributed by atoms with Crippen LogP contribution in [0.5, 0.6) is 0 Å². The summed E-state index contributed by atoms with van der Waals surface area (Å²) < 4.78 is 37.3. The van der Waals surface area contributed by atoms with Gasteiger partial charge in [0, 0.05) is 0 Å². The minimum Gasteiger partial charge on any atom is -0.423 e. The molecule has 0 spiro atoms. The average Bonchev–Trinajstić information content (AvgIpc) is 2.26. The number of hydrogen-bond acceptors (Lipinski definition) is 2. The van der Waals surface area contributed by atoms with Crippen LogP contribution in [-0.4, -0.2) is 17.2 Å². The topological polar surface area (TPSA) is 40.5 Å². The highest BCUT2D eigenvalue weighted by Gasteiger charge is 2.30. The highest BCUT2D eigenvalue weighted by atomic mass is 19.4. The molecule has 2 rings (SSSR count). The Bertz CT molecular complexity index is 552. The normalized spacial score (nSPS) is 11.8. The van der Waals surface area contributed by atoms with Crippen molar-refractivity contribution >= 4 is 23.4 Å². The molecule has 2 aromatic carbocycles. The van der Waals surface area contributed by atoms with E-state index < -0.39 is 18.9 Å². The molecular weight excluding hydrogens is 232 g/mol. The fraction of sp³-hybridized carbons (Fsp3) is 0.0909. The van der Waals surface area contributed by atoms with Crippen LogP contribution < -0.4 is 5.46 Å². The monoisotopic (exact) mass is 240 g/mol. The molecule has 0 aliphatic heterocycles. The van der Waals surface area contributed by atoms with Crippen LogP contribution in [0.1, 0.15) is 5.56 Å². The van der Waals surface area contributed by atoms with Gasteiger partial charge in [0.1, 0.15) is 0 Å². The summed E-state index contributed by atoms with van der Waals surface area (Å²) >= 11 is 0. The second-order valence-electron chi connectivity index (χ2n) is 3.69. The van der Waals surface area contributed by atoms with Crippen LogP contribution in [0.3, 0.4) is 0 Å². The van der Waals surface area contributed by atoms with Crippen molar-refractivity contribution in [3.05, 3.63) is 42.0 Å². The molecule has 0 saturated heterocycles. The maximum absolute atomic E-state index is 12.4. The zero-order valence-electron chi connectivity index (χ0n) is 8.57. The first-order valence-corrected chi connectivity index (χ1v) is 4.85. The zero-order valence-corrected chi connectivity index (χ0v) is 8.57. The second-order valence-corrected chi connectivity index (χ2v) is 3.69. The fourth-order valence-corrected chi connectivity index (χ4v) is 1.60. The molecule has 0 atom stereocenters. The molecule has 0 heterocycles. The number of hydrogen-bond donors (Lipinski definition) is 2. The Morgan fingerprint density at radius 3 is 2.06 bits per heavy atom. The molecule has 0 unspecified atom stereocenters. The van der Waals surface area contributed by atoms with E-state index in [0.29, 0.717) is 10.8 Å². The van der Waals surface area contributed by atoms with E-state index in [1.54, 1.807) is 0 Å². The summed E-state index contributed by atoms with van der Waals surface area (Å²) in [7, 11) is -1.62. The Morgan fingerprint density at radius 2 is 1.47 bits per heavy atom. The minimum atomic E-state index is -4.37. The summed E-state index contributed by atoms with van der Waals surface area (Å²) in [6.07, 6.45) is -4.37. The first-order valence-electron chi connectivity index (χ1n) is 4.85. The fourth-order valence-electron chi connectivity index (χ4n) is 1.60. The average molecular weight is 240 g/mol. The third-order valence-electron chi connectivity index (χ3n) is 2.49. The van der Waals surface area contributed by atoms with Crippen molar-refractivity contribution in [2.45, 2.75) is 6.18 Å². The number of alkyl halides is 3. The van der Waals surface area contributed by atoms with Crippen LogP contribution in [-0.2, 0) is 6.18 Å². The Labute approximate surface area is 95.5 Å². The number of halogens is 3. The predicted octanol–water partition coefficient (Wildman–Crippen LogP) is 1.54. The van der Waals surface area contributed by atoms with Crippen molar-refractivity contribution in [1.29, 1.82) is 0 Å². The SMILES string of the molecule is OB(O)c1ccc2cc(C(F)(F)F)ccc2c1. The molecule has 17 heavy (non-hydrogen) atoms. The van der Waals surface area contributed by atoms with Crippen molar-refractivity contribution < 1.29 is 23.2 Å². The third-order valence-corrected chi connectivity index (χ3v) is 2.49. The molecule has 0 aliphatic rings. The van der Waals surface area contributed by atoms with E-state index in [9.17, 15) is 13.2 Å². The molecule has 0 saturated carbocycles. The molecule has 88 valence electrons. The Hall–Kier alpha value is -1.53. The zero-order chi connectivity index (χ0) is 12.6. The van der Waals surface area contributed by atoms with Gasteiger partial charge in [-0.15, -0.1) is 0 Å². The van der Waals surface area contributed by atoms with E-state index in [2.05, 4.69) is 0 Å². The van der Waals surface area contributed by atoms with E-state index >= 15 is 0 Å². The first-order chi connectivity index (χ1) is 7.88. The van der Waals surface area contributed by atoms with Gasteiger partial charge < -0.3 is 10.0 Å². The Morgan fingerprint density at radius 1 is 0.882 bits per heavy atom. The number of benzene rings is 2. The molecule has 0 radical (unpaired) electrons. The summed E-state index contributed by atoms with van der Waals surface area (Å²) in [5.74, 6) is 0. The van der Waals surface area contributed by atoms with Crippen molar-refractivity contribution in [2.24, 2.45) is 0 Å². The van der Waals surface area contributed by atoms with Gasteiger partial charge in [0.15, 0.2) is 0 Å². The number of fused-ring (bicyclic) bond motifs is 1. The predicted molar refractivity (Wildman–Crippen MR) is 58.8 cm³/mol. The van der Waals surface area contributed by atoms with Crippen LogP contribution in [0.4, 0.5) is 13.2 Å². The Balaban J connectivity index is 2.54. The van der Waals surface area contributed by atoms with Crippen molar-refractivity contribution in [2.75, 3.05) is 0 Å². The van der Waals surface area contributed by atoms with Gasteiger partial charge >= 0.3 is 13.3 Å². The lowest BCUT2D eigenvalue weighted by Gasteiger charge is -2.08. The van der Waals surface area contributed by atoms with Gasteiger partial charge in [-0.25, -0.2) is 0 Å². The molecule has 2 aromatic rings. The van der Waals surface area contributed by atoms with Gasteiger partial charge in [0.25, 0.3) is 0 Å². The van der Waals surface area contributed by atoms with Crippen LogP contribution in [0.2, 0.25) is 0 Å². The molecule has 2 N–H and O–H groups in total. The summed E-state index contributed by atoms with van der Waals surface area (Å²) in [5, 5.41) is 18.8. The van der Waals surface area contributed by atoms with Gasteiger partial charge in [-0.1, -0.05) is 24.3 Å². The van der Waals surface area contributed by atoms with E-state index in [1.807, 2.05) is 0 Å². The summed E-state index contributed by atoms with van der Waals surface area (Å²) in [6, 6.07) is 7.56. The van der Waals surface area contributed by atoms with Crippen molar-refractivity contribution in [3.8, 4) is 0 Å². The van der Waals surface area contributed by atoms with Crippen LogP contribution in [0.25, 0.3) is 10.8 Å². The van der Waals surface area contributed by atoms with Crippen molar-refractivity contribution in [3.63, 3.8) is 0 Å². The molecule has 0 fully saturated rings. The van der Waals surface area contributed by atoms with Crippen LogP contribution in [0.15, 0.2) is 36.4 Å². The van der Waals surface area contributed by atoms with Gasteiger partial charge in [-0.3, -0.25) is 0 Å². The quantitative estimate of drug-likeness (QED) is 0.742. The lowest BCUT2D eigenvalue weighted by Crippen LogP contribution is -2.29. The molecular formula is C11H8BF3O2. The molecule has 0 amide bonds. The lowest BCUT2D eigenvalue weighted by atomic mass is 9.79. The molecule has 0 aromatic heterocycles. The Kier molecular flexibility index (Phi) is 2.85. The number of rotatable bonds is 1. The van der Waals surface area contributed by atoms with E-state index in [4.69, 9.17) is 10.0 Å². The molecule has 6 heteroatoms. The van der Waals surface area contributed by atoms with Gasteiger partial charge in [0.2, 0.25) is 0 Å². The maximum Gasteiger partial charge on any atom is 0.488 e. The molecule has 2 nitrogen and oxygen atoms in total. The standard InChI is InChI=1S/C11H8BF3O2/c13-11(14,15)9-3-1-8-6-10(12(16)17)4-2-7(8)5-9/h1-6,16-17H. The summed E-state index contributed by atoms with van der Waals surface area (Å²) in [4.78, 5) is 0. The van der Waals surface area contributed by atoms with Gasteiger partial charge in [-0.2, -0.15) is 13.2 Å². The highest BCUT2D eigenvalue weighted by molar-refractivity contribution is 6.58. The maximum atomic E-state index is 12.4. The van der Waals surface area contributed by atoms with Gasteiger partial charge in [-0.05, 0) is 28.4 Å². The summed E-state index contributed by atoms with van der Waals surface area (Å²) in [6.45, 7) is 0. The smallest absolute Gasteiger partial charge is 0.423 e. The van der Waals surface area contributed by atoms with Crippen molar-refractivity contribution in [1.82, 2.24) is 0 Å². The molecule has 0 aliphatic carbocycles. The highest BCUT2D eigenvalue weighted by Crippen LogP contribution is 2.31. The largest absolute Gasteiger partial charge is 0.488 e. The molecule has 0 bridgehead atoms. The van der Waals surface area contributed by atoms with E-state index in [-0.39, 0.29) is 5.46 Å². The van der Waals surface area contributed by atoms with E-state index in [1.165, 1.54) is 24.3 Å². The van der Waals surface area contributed by atoms with Gasteiger partial charge in [0.05, 0.1) is 5.56 Å². The first kappa shape index (κ1) is 11.9. The second kappa shape index (κ2) is 4.05. The lowest BCUT2D eigenvalue weighted by molar-refractivity contribution is -0.137. The third kappa shape index (κ3) is 2.43. The van der Waals surface area contributed by atoms with Crippen LogP contribution >= 0.6 is 0 Å². The summed E-state index contributed by atoms with van der Waals surface area (Å²) in [5.41, 5.74) is -0.473.